The summed E-state index contributed by atoms with van der Waals surface area (Å²) < 4.78 is 15.4. The topological polar surface area (TPSA) is 17.8 Å². The molecular weight excluding hydrogens is 251 g/mol. The molecule has 0 bridgehead atoms. The van der Waals surface area contributed by atoms with Crippen LogP contribution in [0.1, 0.15) is 38.1 Å². The van der Waals surface area contributed by atoms with Crippen LogP contribution in [0, 0.1) is 11.7 Å². The van der Waals surface area contributed by atoms with Crippen LogP contribution in [0.25, 0.3) is 11.0 Å². The highest BCUT2D eigenvalue weighted by molar-refractivity contribution is 6.16. The first-order valence-electron chi connectivity index (χ1n) is 6.47. The van der Waals surface area contributed by atoms with Crippen molar-refractivity contribution in [2.24, 2.45) is 5.92 Å². The maximum absolute atomic E-state index is 13.2. The van der Waals surface area contributed by atoms with Crippen molar-refractivity contribution in [2.75, 3.05) is 0 Å². The lowest BCUT2D eigenvalue weighted by Gasteiger charge is -2.06. The van der Waals surface area contributed by atoms with Gasteiger partial charge in [-0.1, -0.05) is 13.3 Å². The molecule has 1 saturated carbocycles. The molecule has 1 heterocycles. The van der Waals surface area contributed by atoms with Gasteiger partial charge >= 0.3 is 0 Å². The van der Waals surface area contributed by atoms with Crippen LogP contribution in [0.2, 0.25) is 0 Å². The summed E-state index contributed by atoms with van der Waals surface area (Å²) in [5, 5.41) is 0. The Balaban J connectivity index is 2.04. The minimum Gasteiger partial charge on any atom is -0.324 e. The molecule has 18 heavy (non-hydrogen) atoms. The number of halogens is 2. The minimum atomic E-state index is -0.242. The van der Waals surface area contributed by atoms with E-state index < -0.39 is 0 Å². The molecule has 2 nitrogen and oxygen atoms in total. The highest BCUT2D eigenvalue weighted by Gasteiger charge is 2.39. The molecule has 1 aliphatic rings. The summed E-state index contributed by atoms with van der Waals surface area (Å²) in [7, 11) is 0. The molecule has 2 unspecified atom stereocenters. The summed E-state index contributed by atoms with van der Waals surface area (Å²) in [5.74, 6) is 1.74. The summed E-state index contributed by atoms with van der Waals surface area (Å²) in [6, 6.07) is 5.30. The smallest absolute Gasteiger partial charge is 0.125 e. The molecule has 2 aromatic rings. The fourth-order valence-electron chi connectivity index (χ4n) is 2.81. The van der Waals surface area contributed by atoms with E-state index in [1.807, 2.05) is 6.07 Å². The molecule has 1 aliphatic carbocycles. The summed E-state index contributed by atoms with van der Waals surface area (Å²) in [4.78, 5) is 4.44. The largest absolute Gasteiger partial charge is 0.324 e. The Labute approximate surface area is 111 Å². The fraction of sp³-hybridized carbons (Fsp3) is 0.500. The van der Waals surface area contributed by atoms with Gasteiger partial charge in [0.25, 0.3) is 0 Å². The van der Waals surface area contributed by atoms with E-state index in [0.29, 0.717) is 17.4 Å². The van der Waals surface area contributed by atoms with E-state index in [9.17, 15) is 4.39 Å². The maximum atomic E-state index is 13.2. The Morgan fingerprint density at radius 2 is 2.33 bits per heavy atom. The third kappa shape index (κ3) is 1.91. The number of hydrogen-bond donors (Lipinski definition) is 0. The molecule has 0 aliphatic heterocycles. The SMILES string of the molecule is CCCC1CC1n1c(CCl)nc2cc(F)ccc21. The van der Waals surface area contributed by atoms with Crippen molar-refractivity contribution in [1.82, 2.24) is 9.55 Å². The maximum Gasteiger partial charge on any atom is 0.125 e. The van der Waals surface area contributed by atoms with Gasteiger partial charge in [0.2, 0.25) is 0 Å². The van der Waals surface area contributed by atoms with Gasteiger partial charge in [-0.3, -0.25) is 0 Å². The van der Waals surface area contributed by atoms with Crippen LogP contribution < -0.4 is 0 Å². The van der Waals surface area contributed by atoms with Crippen molar-refractivity contribution < 1.29 is 4.39 Å². The first-order valence-corrected chi connectivity index (χ1v) is 7.00. The molecule has 1 aromatic heterocycles. The van der Waals surface area contributed by atoms with E-state index in [1.54, 1.807) is 0 Å². The number of alkyl halides is 1. The van der Waals surface area contributed by atoms with E-state index in [-0.39, 0.29) is 5.82 Å². The average molecular weight is 267 g/mol. The van der Waals surface area contributed by atoms with E-state index >= 15 is 0 Å². The lowest BCUT2D eigenvalue weighted by atomic mass is 10.2. The number of fused-ring (bicyclic) bond motifs is 1. The van der Waals surface area contributed by atoms with Crippen LogP contribution in [0.3, 0.4) is 0 Å². The summed E-state index contributed by atoms with van der Waals surface area (Å²) in [6.45, 7) is 2.21. The van der Waals surface area contributed by atoms with Crippen LogP contribution in [-0.2, 0) is 5.88 Å². The van der Waals surface area contributed by atoms with Crippen molar-refractivity contribution >= 4 is 22.6 Å². The summed E-state index contributed by atoms with van der Waals surface area (Å²) >= 11 is 5.96. The van der Waals surface area contributed by atoms with Crippen LogP contribution in [0.15, 0.2) is 18.2 Å². The Hall–Kier alpha value is -1.09. The zero-order valence-electron chi connectivity index (χ0n) is 10.4. The van der Waals surface area contributed by atoms with Crippen molar-refractivity contribution in [3.05, 3.63) is 29.8 Å². The molecule has 0 amide bonds. The Morgan fingerprint density at radius 3 is 3.06 bits per heavy atom. The van der Waals surface area contributed by atoms with Gasteiger partial charge in [-0.15, -0.1) is 11.6 Å². The van der Waals surface area contributed by atoms with Gasteiger partial charge in [0, 0.05) is 12.1 Å². The van der Waals surface area contributed by atoms with Crippen molar-refractivity contribution in [3.63, 3.8) is 0 Å². The van der Waals surface area contributed by atoms with Crippen LogP contribution in [0.5, 0.6) is 0 Å². The van der Waals surface area contributed by atoms with Gasteiger partial charge in [0.15, 0.2) is 0 Å². The zero-order valence-corrected chi connectivity index (χ0v) is 11.1. The number of imidazole rings is 1. The van der Waals surface area contributed by atoms with E-state index in [2.05, 4.69) is 16.5 Å². The second-order valence-corrected chi connectivity index (χ2v) is 5.28. The predicted molar refractivity (Wildman–Crippen MR) is 71.3 cm³/mol. The van der Waals surface area contributed by atoms with Crippen LogP contribution in [-0.4, -0.2) is 9.55 Å². The number of nitrogens with zero attached hydrogens (tertiary/aromatic N) is 2. The van der Waals surface area contributed by atoms with Gasteiger partial charge < -0.3 is 4.57 Å². The fourth-order valence-corrected chi connectivity index (χ4v) is 3.00. The summed E-state index contributed by atoms with van der Waals surface area (Å²) in [5.41, 5.74) is 1.73. The molecule has 1 aromatic carbocycles. The van der Waals surface area contributed by atoms with Crippen LogP contribution in [0.4, 0.5) is 4.39 Å². The van der Waals surface area contributed by atoms with Gasteiger partial charge in [-0.2, -0.15) is 0 Å². The third-order valence-electron chi connectivity index (χ3n) is 3.72. The number of hydrogen-bond acceptors (Lipinski definition) is 1. The van der Waals surface area contributed by atoms with Gasteiger partial charge in [0.1, 0.15) is 11.6 Å². The second-order valence-electron chi connectivity index (χ2n) is 5.02. The van der Waals surface area contributed by atoms with Crippen LogP contribution >= 0.6 is 11.6 Å². The highest BCUT2D eigenvalue weighted by Crippen LogP contribution is 2.48. The lowest BCUT2D eigenvalue weighted by molar-refractivity contribution is 0.605. The average Bonchev–Trinajstić information content (AvgIpc) is 3.01. The van der Waals surface area contributed by atoms with Crippen molar-refractivity contribution in [3.8, 4) is 0 Å². The first-order chi connectivity index (χ1) is 8.74. The van der Waals surface area contributed by atoms with E-state index in [1.165, 1.54) is 31.4 Å². The second kappa shape index (κ2) is 4.54. The Morgan fingerprint density at radius 1 is 1.50 bits per heavy atom. The summed E-state index contributed by atoms with van der Waals surface area (Å²) in [6.07, 6.45) is 3.65. The Bertz CT molecular complexity index is 578. The molecule has 3 rings (SSSR count). The number of rotatable bonds is 4. The molecular formula is C14H16ClFN2. The Kier molecular flexibility index (Phi) is 3.02. The van der Waals surface area contributed by atoms with Gasteiger partial charge in [0.05, 0.1) is 16.9 Å². The van der Waals surface area contributed by atoms with Crippen molar-refractivity contribution in [1.29, 1.82) is 0 Å². The lowest BCUT2D eigenvalue weighted by Crippen LogP contribution is -2.01. The number of benzene rings is 1. The molecule has 0 spiro atoms. The van der Waals surface area contributed by atoms with Gasteiger partial charge in [-0.25, -0.2) is 9.37 Å². The van der Waals surface area contributed by atoms with Crippen molar-refractivity contribution in [2.45, 2.75) is 38.1 Å². The standard InChI is InChI=1S/C14H16ClFN2/c1-2-3-9-6-13(9)18-12-5-4-10(16)7-11(12)17-14(18)8-15/h4-5,7,9,13H,2-3,6,8H2,1H3. The van der Waals surface area contributed by atoms with Gasteiger partial charge in [-0.05, 0) is 30.9 Å². The highest BCUT2D eigenvalue weighted by atomic mass is 35.5. The van der Waals surface area contributed by atoms with E-state index in [0.717, 1.165) is 17.3 Å². The molecule has 0 radical (unpaired) electrons. The molecule has 0 saturated heterocycles. The third-order valence-corrected chi connectivity index (χ3v) is 3.96. The first kappa shape index (κ1) is 12.0. The normalized spacial score (nSPS) is 22.6. The molecule has 2 atom stereocenters. The molecule has 0 N–H and O–H groups in total. The molecule has 96 valence electrons. The predicted octanol–water partition coefficient (Wildman–Crippen LogP) is 4.28. The monoisotopic (exact) mass is 266 g/mol. The molecule has 4 heteroatoms. The molecule has 1 fully saturated rings. The number of aromatic nitrogens is 2. The van der Waals surface area contributed by atoms with E-state index in [4.69, 9.17) is 11.6 Å². The quantitative estimate of drug-likeness (QED) is 0.756. The zero-order chi connectivity index (χ0) is 12.7. The minimum absolute atomic E-state index is 0.242.